The monoisotopic (exact) mass is 287 g/mol. The molecule has 19 heavy (non-hydrogen) atoms. The van der Waals surface area contributed by atoms with E-state index in [4.69, 9.17) is 22.5 Å². The van der Waals surface area contributed by atoms with E-state index in [2.05, 4.69) is 10.5 Å². The molecule has 1 aromatic carbocycles. The average Bonchev–Trinajstić information content (AvgIpc) is 2.40. The molecule has 0 radical (unpaired) electrons. The first kappa shape index (κ1) is 15.2. The van der Waals surface area contributed by atoms with Crippen molar-refractivity contribution in [3.63, 3.8) is 0 Å². The van der Waals surface area contributed by atoms with Crippen LogP contribution in [0.4, 0.5) is 4.39 Å². The summed E-state index contributed by atoms with van der Waals surface area (Å²) in [5, 5.41) is 14.1. The van der Waals surface area contributed by atoms with Crippen molar-refractivity contribution in [1.82, 2.24) is 5.32 Å². The SMILES string of the molecule is CCC(C)(NC(=O)c1ccc(Cl)c(F)c1)/C(N)=N/O. The highest BCUT2D eigenvalue weighted by Gasteiger charge is 2.30. The minimum atomic E-state index is -1.01. The molecule has 1 amide bonds. The molecule has 0 heterocycles. The molecule has 1 unspecified atom stereocenters. The first-order chi connectivity index (χ1) is 8.84. The second-order valence-electron chi connectivity index (χ2n) is 4.25. The fraction of sp³-hybridized carbons (Fsp3) is 0.333. The van der Waals surface area contributed by atoms with Gasteiger partial charge >= 0.3 is 0 Å². The van der Waals surface area contributed by atoms with Crippen LogP contribution in [0.3, 0.4) is 0 Å². The maximum Gasteiger partial charge on any atom is 0.252 e. The van der Waals surface area contributed by atoms with Gasteiger partial charge in [-0.1, -0.05) is 23.7 Å². The number of amidine groups is 1. The van der Waals surface area contributed by atoms with Crippen LogP contribution < -0.4 is 11.1 Å². The van der Waals surface area contributed by atoms with Crippen molar-refractivity contribution in [2.75, 3.05) is 0 Å². The summed E-state index contributed by atoms with van der Waals surface area (Å²) in [7, 11) is 0. The Kier molecular flexibility index (Phi) is 4.72. The van der Waals surface area contributed by atoms with E-state index in [0.29, 0.717) is 6.42 Å². The first-order valence-electron chi connectivity index (χ1n) is 5.59. The number of nitrogens with two attached hydrogens (primary N) is 1. The maximum atomic E-state index is 13.3. The van der Waals surface area contributed by atoms with E-state index in [1.54, 1.807) is 13.8 Å². The lowest BCUT2D eigenvalue weighted by atomic mass is 9.97. The molecular weight excluding hydrogens is 273 g/mol. The number of hydrogen-bond donors (Lipinski definition) is 3. The fourth-order valence-electron chi connectivity index (χ4n) is 1.40. The predicted octanol–water partition coefficient (Wildman–Crippen LogP) is 2.12. The second-order valence-corrected chi connectivity index (χ2v) is 4.66. The largest absolute Gasteiger partial charge is 0.409 e. The summed E-state index contributed by atoms with van der Waals surface area (Å²) in [6.45, 7) is 3.37. The lowest BCUT2D eigenvalue weighted by Crippen LogP contribution is -2.55. The molecular formula is C12H15ClFN3O2. The van der Waals surface area contributed by atoms with Gasteiger partial charge in [0.25, 0.3) is 5.91 Å². The fourth-order valence-corrected chi connectivity index (χ4v) is 1.52. The van der Waals surface area contributed by atoms with E-state index in [1.807, 2.05) is 0 Å². The molecule has 0 aliphatic heterocycles. The molecule has 0 saturated carbocycles. The molecule has 0 aliphatic carbocycles. The average molecular weight is 288 g/mol. The molecule has 1 atom stereocenters. The number of oxime groups is 1. The Morgan fingerprint density at radius 1 is 1.63 bits per heavy atom. The van der Waals surface area contributed by atoms with E-state index in [1.165, 1.54) is 12.1 Å². The van der Waals surface area contributed by atoms with Crippen LogP contribution in [0.2, 0.25) is 5.02 Å². The van der Waals surface area contributed by atoms with Crippen molar-refractivity contribution < 1.29 is 14.4 Å². The van der Waals surface area contributed by atoms with E-state index >= 15 is 0 Å². The number of rotatable bonds is 4. The number of carbonyl (C=O) groups is 1. The van der Waals surface area contributed by atoms with Gasteiger partial charge in [-0.25, -0.2) is 4.39 Å². The Hall–Kier alpha value is -1.82. The number of benzene rings is 1. The number of carbonyl (C=O) groups excluding carboxylic acids is 1. The highest BCUT2D eigenvalue weighted by Crippen LogP contribution is 2.17. The van der Waals surface area contributed by atoms with Crippen LogP contribution >= 0.6 is 11.6 Å². The smallest absolute Gasteiger partial charge is 0.252 e. The van der Waals surface area contributed by atoms with Crippen LogP contribution in [0.15, 0.2) is 23.4 Å². The summed E-state index contributed by atoms with van der Waals surface area (Å²) in [5.41, 5.74) is 4.62. The van der Waals surface area contributed by atoms with Gasteiger partial charge in [0.2, 0.25) is 0 Å². The molecule has 0 aromatic heterocycles. The quantitative estimate of drug-likeness (QED) is 0.343. The first-order valence-corrected chi connectivity index (χ1v) is 5.97. The number of halogens is 2. The van der Waals surface area contributed by atoms with Crippen LogP contribution in [0.1, 0.15) is 30.6 Å². The van der Waals surface area contributed by atoms with Crippen LogP contribution in [0, 0.1) is 5.82 Å². The summed E-state index contributed by atoms with van der Waals surface area (Å²) in [6, 6.07) is 3.71. The third kappa shape index (κ3) is 3.35. The van der Waals surface area contributed by atoms with Crippen LogP contribution in [-0.4, -0.2) is 22.5 Å². The summed E-state index contributed by atoms with van der Waals surface area (Å²) in [5.74, 6) is -1.35. The van der Waals surface area contributed by atoms with Crippen molar-refractivity contribution in [3.8, 4) is 0 Å². The van der Waals surface area contributed by atoms with Crippen molar-refractivity contribution in [2.45, 2.75) is 25.8 Å². The Labute approximate surface area is 115 Å². The molecule has 1 aromatic rings. The highest BCUT2D eigenvalue weighted by atomic mass is 35.5. The van der Waals surface area contributed by atoms with Gasteiger partial charge in [-0.3, -0.25) is 4.79 Å². The van der Waals surface area contributed by atoms with Gasteiger partial charge in [-0.2, -0.15) is 0 Å². The molecule has 104 valence electrons. The lowest BCUT2D eigenvalue weighted by molar-refractivity contribution is 0.0924. The Balaban J connectivity index is 2.98. The summed E-state index contributed by atoms with van der Waals surface area (Å²) in [4.78, 5) is 12.0. The molecule has 5 nitrogen and oxygen atoms in total. The minimum Gasteiger partial charge on any atom is -0.409 e. The van der Waals surface area contributed by atoms with E-state index in [0.717, 1.165) is 6.07 Å². The van der Waals surface area contributed by atoms with Gasteiger partial charge < -0.3 is 16.3 Å². The molecule has 0 fully saturated rings. The van der Waals surface area contributed by atoms with Gasteiger partial charge in [-0.05, 0) is 31.5 Å². The summed E-state index contributed by atoms with van der Waals surface area (Å²) >= 11 is 5.54. The number of amides is 1. The number of hydrogen-bond acceptors (Lipinski definition) is 3. The predicted molar refractivity (Wildman–Crippen MR) is 71.0 cm³/mol. The van der Waals surface area contributed by atoms with Crippen molar-refractivity contribution in [1.29, 1.82) is 0 Å². The molecule has 7 heteroatoms. The normalized spacial score (nSPS) is 14.8. The zero-order chi connectivity index (χ0) is 14.6. The van der Waals surface area contributed by atoms with Crippen LogP contribution in [-0.2, 0) is 0 Å². The van der Waals surface area contributed by atoms with E-state index in [-0.39, 0.29) is 16.4 Å². The zero-order valence-corrected chi connectivity index (χ0v) is 11.3. The van der Waals surface area contributed by atoms with Gasteiger partial charge in [0, 0.05) is 5.56 Å². The number of nitrogens with one attached hydrogen (secondary N) is 1. The maximum absolute atomic E-state index is 13.3. The molecule has 0 spiro atoms. The Bertz CT molecular complexity index is 522. The Morgan fingerprint density at radius 2 is 2.26 bits per heavy atom. The second kappa shape index (κ2) is 5.88. The highest BCUT2D eigenvalue weighted by molar-refractivity contribution is 6.30. The number of nitrogens with zero attached hydrogens (tertiary/aromatic N) is 1. The van der Waals surface area contributed by atoms with Crippen LogP contribution in [0.25, 0.3) is 0 Å². The third-order valence-corrected chi connectivity index (χ3v) is 3.26. The van der Waals surface area contributed by atoms with Gasteiger partial charge in [0.15, 0.2) is 5.84 Å². The molecule has 4 N–H and O–H groups in total. The Morgan fingerprint density at radius 3 is 2.74 bits per heavy atom. The molecule has 0 aliphatic rings. The van der Waals surface area contributed by atoms with Crippen molar-refractivity contribution in [2.24, 2.45) is 10.9 Å². The lowest BCUT2D eigenvalue weighted by Gasteiger charge is -2.28. The van der Waals surface area contributed by atoms with Crippen LogP contribution in [0.5, 0.6) is 0 Å². The third-order valence-electron chi connectivity index (χ3n) is 2.95. The van der Waals surface area contributed by atoms with Gasteiger partial charge in [0.1, 0.15) is 5.82 Å². The van der Waals surface area contributed by atoms with E-state index < -0.39 is 17.3 Å². The van der Waals surface area contributed by atoms with Gasteiger partial charge in [-0.15, -0.1) is 0 Å². The minimum absolute atomic E-state index is 0.0637. The molecule has 0 saturated heterocycles. The topological polar surface area (TPSA) is 87.7 Å². The van der Waals surface area contributed by atoms with Gasteiger partial charge in [0.05, 0.1) is 10.6 Å². The molecule has 1 rings (SSSR count). The van der Waals surface area contributed by atoms with E-state index in [9.17, 15) is 9.18 Å². The standard InChI is InChI=1S/C12H15ClFN3O2/c1-3-12(2,11(15)17-19)16-10(18)7-4-5-8(13)9(14)6-7/h4-6,19H,3H2,1-2H3,(H2,15,17)(H,16,18). The zero-order valence-electron chi connectivity index (χ0n) is 10.6. The van der Waals surface area contributed by atoms with Crippen molar-refractivity contribution >= 4 is 23.3 Å². The van der Waals surface area contributed by atoms with Crippen molar-refractivity contribution in [3.05, 3.63) is 34.6 Å². The summed E-state index contributed by atoms with van der Waals surface area (Å²) < 4.78 is 13.3. The molecule has 0 bridgehead atoms. The summed E-state index contributed by atoms with van der Waals surface area (Å²) in [6.07, 6.45) is 0.407.